The molecule has 2 heterocycles. The van der Waals surface area contributed by atoms with Crippen LogP contribution in [0.1, 0.15) is 28.8 Å². The maximum atomic E-state index is 12.1. The van der Waals surface area contributed by atoms with Gasteiger partial charge in [0.25, 0.3) is 5.91 Å². The van der Waals surface area contributed by atoms with Gasteiger partial charge in [-0.2, -0.15) is 0 Å². The normalized spacial score (nSPS) is 15.2. The van der Waals surface area contributed by atoms with Crippen LogP contribution in [-0.2, 0) is 4.79 Å². The second-order valence-corrected chi connectivity index (χ2v) is 4.18. The van der Waals surface area contributed by atoms with Gasteiger partial charge in [-0.15, -0.1) is 0 Å². The highest BCUT2D eigenvalue weighted by Crippen LogP contribution is 2.13. The van der Waals surface area contributed by atoms with E-state index in [0.717, 1.165) is 32.0 Å². The minimum absolute atomic E-state index is 0.0365. The first-order valence-electron chi connectivity index (χ1n) is 5.82. The van der Waals surface area contributed by atoms with E-state index in [1.54, 1.807) is 11.0 Å². The summed E-state index contributed by atoms with van der Waals surface area (Å²) in [6.45, 7) is 1.57. The van der Waals surface area contributed by atoms with Crippen molar-refractivity contribution in [1.29, 1.82) is 0 Å². The zero-order valence-corrected chi connectivity index (χ0v) is 9.87. The fourth-order valence-corrected chi connectivity index (χ4v) is 1.94. The lowest BCUT2D eigenvalue weighted by molar-refractivity contribution is -0.131. The third-order valence-electron chi connectivity index (χ3n) is 2.82. The van der Waals surface area contributed by atoms with Gasteiger partial charge in [-0.3, -0.25) is 9.78 Å². The molecular weight excluding hydrogens is 232 g/mol. The Kier molecular flexibility index (Phi) is 3.72. The maximum absolute atomic E-state index is 12.1. The summed E-state index contributed by atoms with van der Waals surface area (Å²) in [6.07, 6.45) is 7.58. The second-order valence-electron chi connectivity index (χ2n) is 4.18. The number of carboxylic acids is 1. The van der Waals surface area contributed by atoms with Crippen molar-refractivity contribution in [2.45, 2.75) is 12.8 Å². The van der Waals surface area contributed by atoms with Crippen LogP contribution in [0.3, 0.4) is 0 Å². The van der Waals surface area contributed by atoms with Crippen molar-refractivity contribution >= 4 is 18.0 Å². The van der Waals surface area contributed by atoms with E-state index in [1.165, 1.54) is 18.5 Å². The Hall–Kier alpha value is -2.17. The molecule has 18 heavy (non-hydrogen) atoms. The number of likely N-dealkylation sites (tertiary alicyclic amines) is 1. The lowest BCUT2D eigenvalue weighted by atomic mass is 10.2. The Bertz CT molecular complexity index is 491. The zero-order valence-electron chi connectivity index (χ0n) is 9.87. The summed E-state index contributed by atoms with van der Waals surface area (Å²) < 4.78 is 0. The summed E-state index contributed by atoms with van der Waals surface area (Å²) in [6, 6.07) is 1.66. The number of aromatic nitrogens is 1. The first kappa shape index (κ1) is 12.3. The van der Waals surface area contributed by atoms with E-state index in [0.29, 0.717) is 11.1 Å². The fourth-order valence-electron chi connectivity index (χ4n) is 1.94. The van der Waals surface area contributed by atoms with E-state index in [4.69, 9.17) is 5.11 Å². The molecule has 0 bridgehead atoms. The number of carboxylic acid groups (broad SMARTS) is 1. The minimum Gasteiger partial charge on any atom is -0.478 e. The van der Waals surface area contributed by atoms with Crippen molar-refractivity contribution in [1.82, 2.24) is 9.88 Å². The van der Waals surface area contributed by atoms with Crippen molar-refractivity contribution in [3.8, 4) is 0 Å². The van der Waals surface area contributed by atoms with E-state index >= 15 is 0 Å². The van der Waals surface area contributed by atoms with Gasteiger partial charge in [0.15, 0.2) is 0 Å². The Labute approximate surface area is 105 Å². The topological polar surface area (TPSA) is 70.5 Å². The van der Waals surface area contributed by atoms with Gasteiger partial charge in [-0.05, 0) is 30.5 Å². The maximum Gasteiger partial charge on any atom is 0.328 e. The minimum atomic E-state index is -1.02. The van der Waals surface area contributed by atoms with E-state index in [9.17, 15) is 9.59 Å². The molecule has 5 nitrogen and oxygen atoms in total. The first-order chi connectivity index (χ1) is 8.66. The first-order valence-corrected chi connectivity index (χ1v) is 5.82. The zero-order chi connectivity index (χ0) is 13.0. The Morgan fingerprint density at radius 1 is 1.28 bits per heavy atom. The van der Waals surface area contributed by atoms with Gasteiger partial charge in [0.05, 0.1) is 5.56 Å². The average molecular weight is 246 g/mol. The van der Waals surface area contributed by atoms with Crippen LogP contribution in [0, 0.1) is 0 Å². The highest BCUT2D eigenvalue weighted by atomic mass is 16.4. The molecule has 1 aliphatic heterocycles. The van der Waals surface area contributed by atoms with Crippen molar-refractivity contribution < 1.29 is 14.7 Å². The predicted octanol–water partition coefficient (Wildman–Crippen LogP) is 1.42. The van der Waals surface area contributed by atoms with Crippen LogP contribution >= 0.6 is 0 Å². The number of carbonyl (C=O) groups is 2. The van der Waals surface area contributed by atoms with Crippen molar-refractivity contribution in [3.63, 3.8) is 0 Å². The standard InChI is InChI=1S/C13H14N2O3/c16-12(17)4-3-10-7-11(9-14-8-10)13(18)15-5-1-2-6-15/h3-4,7-9H,1-2,5-6H2,(H,16,17)/b4-3+. The number of nitrogens with zero attached hydrogens (tertiary/aromatic N) is 2. The molecule has 1 amide bonds. The molecule has 1 fully saturated rings. The molecule has 0 aliphatic carbocycles. The molecule has 0 saturated carbocycles. The van der Waals surface area contributed by atoms with Crippen molar-refractivity contribution in [2.75, 3.05) is 13.1 Å². The summed E-state index contributed by atoms with van der Waals surface area (Å²) in [5.74, 6) is -1.06. The molecule has 2 rings (SSSR count). The smallest absolute Gasteiger partial charge is 0.328 e. The monoisotopic (exact) mass is 246 g/mol. The summed E-state index contributed by atoms with van der Waals surface area (Å²) in [5.41, 5.74) is 1.12. The Morgan fingerprint density at radius 2 is 2.00 bits per heavy atom. The van der Waals surface area contributed by atoms with Gasteiger partial charge in [0.2, 0.25) is 0 Å². The van der Waals surface area contributed by atoms with Crippen molar-refractivity contribution in [2.24, 2.45) is 0 Å². The largest absolute Gasteiger partial charge is 0.478 e. The number of pyridine rings is 1. The molecule has 0 atom stereocenters. The lowest BCUT2D eigenvalue weighted by Gasteiger charge is -2.14. The Morgan fingerprint density at radius 3 is 2.67 bits per heavy atom. The van der Waals surface area contributed by atoms with Crippen LogP contribution in [0.25, 0.3) is 6.08 Å². The van der Waals surface area contributed by atoms with E-state index in [-0.39, 0.29) is 5.91 Å². The molecule has 0 unspecified atom stereocenters. The molecule has 1 aliphatic rings. The van der Waals surface area contributed by atoms with Gasteiger partial charge in [-0.1, -0.05) is 0 Å². The molecule has 0 spiro atoms. The van der Waals surface area contributed by atoms with Crippen LogP contribution in [0.15, 0.2) is 24.5 Å². The van der Waals surface area contributed by atoms with Crippen LogP contribution in [-0.4, -0.2) is 40.0 Å². The fraction of sp³-hybridized carbons (Fsp3) is 0.308. The number of aliphatic carboxylic acids is 1. The summed E-state index contributed by atoms with van der Waals surface area (Å²) >= 11 is 0. The molecule has 1 aromatic rings. The number of hydrogen-bond donors (Lipinski definition) is 1. The SMILES string of the molecule is O=C(O)/C=C/c1cncc(C(=O)N2CCCC2)c1. The number of carbonyl (C=O) groups excluding carboxylic acids is 1. The van der Waals surface area contributed by atoms with Crippen LogP contribution in [0.4, 0.5) is 0 Å². The van der Waals surface area contributed by atoms with Crippen molar-refractivity contribution in [3.05, 3.63) is 35.7 Å². The summed E-state index contributed by atoms with van der Waals surface area (Å²) in [4.78, 5) is 28.3. The van der Waals surface area contributed by atoms with Gasteiger partial charge < -0.3 is 10.0 Å². The number of rotatable bonds is 3. The predicted molar refractivity (Wildman–Crippen MR) is 66.0 cm³/mol. The summed E-state index contributed by atoms with van der Waals surface area (Å²) in [5, 5.41) is 8.54. The molecule has 1 N–H and O–H groups in total. The Balaban J connectivity index is 2.16. The highest BCUT2D eigenvalue weighted by molar-refractivity contribution is 5.95. The molecular formula is C13H14N2O3. The van der Waals surface area contributed by atoms with Gasteiger partial charge >= 0.3 is 5.97 Å². The lowest BCUT2D eigenvalue weighted by Crippen LogP contribution is -2.27. The molecule has 94 valence electrons. The van der Waals surface area contributed by atoms with E-state index < -0.39 is 5.97 Å². The molecule has 1 aromatic heterocycles. The molecule has 1 saturated heterocycles. The highest BCUT2D eigenvalue weighted by Gasteiger charge is 2.19. The van der Waals surface area contributed by atoms with Crippen LogP contribution < -0.4 is 0 Å². The molecule has 0 aromatic carbocycles. The third kappa shape index (κ3) is 2.94. The van der Waals surface area contributed by atoms with E-state index in [2.05, 4.69) is 4.98 Å². The number of amides is 1. The molecule has 5 heteroatoms. The number of hydrogen-bond acceptors (Lipinski definition) is 3. The van der Waals surface area contributed by atoms with Crippen LogP contribution in [0.5, 0.6) is 0 Å². The molecule has 0 radical (unpaired) electrons. The van der Waals surface area contributed by atoms with Gasteiger partial charge in [0, 0.05) is 31.6 Å². The third-order valence-corrected chi connectivity index (χ3v) is 2.82. The van der Waals surface area contributed by atoms with E-state index in [1.807, 2.05) is 0 Å². The van der Waals surface area contributed by atoms with Crippen LogP contribution in [0.2, 0.25) is 0 Å². The average Bonchev–Trinajstić information content (AvgIpc) is 2.89. The summed E-state index contributed by atoms with van der Waals surface area (Å²) in [7, 11) is 0. The van der Waals surface area contributed by atoms with Gasteiger partial charge in [-0.25, -0.2) is 4.79 Å². The van der Waals surface area contributed by atoms with Gasteiger partial charge in [0.1, 0.15) is 0 Å². The second kappa shape index (κ2) is 5.44. The quantitative estimate of drug-likeness (QED) is 0.819.